The summed E-state index contributed by atoms with van der Waals surface area (Å²) in [4.78, 5) is 14.4. The van der Waals surface area contributed by atoms with E-state index in [0.29, 0.717) is 25.0 Å². The molecule has 2 rings (SSSR count). The van der Waals surface area contributed by atoms with Gasteiger partial charge in [0.2, 0.25) is 5.91 Å². The molecule has 5 heteroatoms. The maximum absolute atomic E-state index is 12.2. The van der Waals surface area contributed by atoms with Crippen LogP contribution in [0.2, 0.25) is 0 Å². The van der Waals surface area contributed by atoms with Crippen molar-refractivity contribution in [3.05, 3.63) is 29.8 Å². The molecule has 1 aromatic rings. The number of piperidine rings is 1. The highest BCUT2D eigenvalue weighted by atomic mass is 35.5. The molecule has 2 atom stereocenters. The van der Waals surface area contributed by atoms with Gasteiger partial charge in [-0.05, 0) is 49.9 Å². The average molecular weight is 312 g/mol. The molecular weight excluding hydrogens is 286 g/mol. The van der Waals surface area contributed by atoms with Crippen molar-refractivity contribution < 1.29 is 4.79 Å². The average Bonchev–Trinajstić information content (AvgIpc) is 2.38. The third kappa shape index (κ3) is 4.99. The number of hydrogen-bond acceptors (Lipinski definition) is 3. The van der Waals surface area contributed by atoms with E-state index in [1.165, 1.54) is 6.42 Å². The molecule has 3 N–H and O–H groups in total. The first-order valence-corrected chi connectivity index (χ1v) is 7.41. The van der Waals surface area contributed by atoms with Crippen molar-refractivity contribution in [1.29, 1.82) is 0 Å². The van der Waals surface area contributed by atoms with Crippen LogP contribution >= 0.6 is 12.4 Å². The van der Waals surface area contributed by atoms with Gasteiger partial charge in [0.25, 0.3) is 0 Å². The number of anilines is 1. The molecule has 0 aliphatic carbocycles. The molecular formula is C16H26ClN3O. The number of likely N-dealkylation sites (tertiary alicyclic amines) is 1. The molecule has 0 radical (unpaired) electrons. The zero-order chi connectivity index (χ0) is 14.5. The molecule has 0 spiro atoms. The predicted molar refractivity (Wildman–Crippen MR) is 89.9 cm³/mol. The minimum Gasteiger partial charge on any atom is -0.329 e. The third-order valence-corrected chi connectivity index (χ3v) is 4.12. The van der Waals surface area contributed by atoms with E-state index in [1.54, 1.807) is 0 Å². The Morgan fingerprint density at radius 3 is 2.90 bits per heavy atom. The van der Waals surface area contributed by atoms with E-state index in [2.05, 4.69) is 17.1 Å². The number of benzene rings is 1. The summed E-state index contributed by atoms with van der Waals surface area (Å²) in [5, 5.41) is 2.97. The molecule has 1 fully saturated rings. The molecule has 118 valence electrons. The maximum Gasteiger partial charge on any atom is 0.238 e. The Kier molecular flexibility index (Phi) is 7.15. The van der Waals surface area contributed by atoms with Gasteiger partial charge in [-0.1, -0.05) is 19.1 Å². The normalized spacial score (nSPS) is 22.4. The molecule has 1 saturated heterocycles. The monoisotopic (exact) mass is 311 g/mol. The van der Waals surface area contributed by atoms with Gasteiger partial charge in [-0.2, -0.15) is 0 Å². The second kappa shape index (κ2) is 8.37. The van der Waals surface area contributed by atoms with Crippen LogP contribution in [0.4, 0.5) is 5.69 Å². The number of carbonyl (C=O) groups excluding carboxylic acids is 1. The Morgan fingerprint density at radius 2 is 2.24 bits per heavy atom. The minimum absolute atomic E-state index is 0. The second-order valence-corrected chi connectivity index (χ2v) is 5.81. The molecule has 4 nitrogen and oxygen atoms in total. The zero-order valence-corrected chi connectivity index (χ0v) is 13.7. The van der Waals surface area contributed by atoms with Crippen molar-refractivity contribution in [3.63, 3.8) is 0 Å². The zero-order valence-electron chi connectivity index (χ0n) is 12.8. The summed E-state index contributed by atoms with van der Waals surface area (Å²) < 4.78 is 0. The Balaban J connectivity index is 0.00000220. The van der Waals surface area contributed by atoms with Crippen LogP contribution < -0.4 is 11.1 Å². The third-order valence-electron chi connectivity index (χ3n) is 4.12. The van der Waals surface area contributed by atoms with E-state index in [4.69, 9.17) is 5.73 Å². The van der Waals surface area contributed by atoms with Crippen molar-refractivity contribution in [2.45, 2.75) is 32.7 Å². The molecule has 1 aliphatic rings. The Morgan fingerprint density at radius 1 is 1.48 bits per heavy atom. The summed E-state index contributed by atoms with van der Waals surface area (Å²) in [7, 11) is 0. The first-order chi connectivity index (χ1) is 9.60. The summed E-state index contributed by atoms with van der Waals surface area (Å²) in [6.07, 6.45) is 2.35. The van der Waals surface area contributed by atoms with Crippen LogP contribution in [0.3, 0.4) is 0 Å². The highest BCUT2D eigenvalue weighted by molar-refractivity contribution is 5.92. The van der Waals surface area contributed by atoms with Crippen LogP contribution in [-0.2, 0) is 4.79 Å². The van der Waals surface area contributed by atoms with E-state index < -0.39 is 0 Å². The van der Waals surface area contributed by atoms with Crippen LogP contribution in [0.15, 0.2) is 24.3 Å². The summed E-state index contributed by atoms with van der Waals surface area (Å²) >= 11 is 0. The molecule has 1 aliphatic heterocycles. The number of nitrogens with zero attached hydrogens (tertiary/aromatic N) is 1. The minimum atomic E-state index is 0. The van der Waals surface area contributed by atoms with Crippen molar-refractivity contribution in [3.8, 4) is 0 Å². The lowest BCUT2D eigenvalue weighted by molar-refractivity contribution is -0.118. The smallest absolute Gasteiger partial charge is 0.238 e. The van der Waals surface area contributed by atoms with Crippen LogP contribution in [0, 0.1) is 12.8 Å². The molecule has 0 saturated carbocycles. The van der Waals surface area contributed by atoms with Gasteiger partial charge in [0, 0.05) is 18.3 Å². The van der Waals surface area contributed by atoms with Crippen molar-refractivity contribution in [1.82, 2.24) is 4.90 Å². The van der Waals surface area contributed by atoms with Gasteiger partial charge in [0.05, 0.1) is 6.54 Å². The van der Waals surface area contributed by atoms with Gasteiger partial charge >= 0.3 is 0 Å². The molecule has 1 heterocycles. The quantitative estimate of drug-likeness (QED) is 0.898. The highest BCUT2D eigenvalue weighted by Gasteiger charge is 2.28. The molecule has 0 aromatic heterocycles. The van der Waals surface area contributed by atoms with Crippen LogP contribution in [0.1, 0.15) is 25.3 Å². The lowest BCUT2D eigenvalue weighted by Gasteiger charge is -2.38. The van der Waals surface area contributed by atoms with Crippen molar-refractivity contribution in [2.75, 3.05) is 25.0 Å². The van der Waals surface area contributed by atoms with Gasteiger partial charge in [0.15, 0.2) is 0 Å². The Hall–Kier alpha value is -1.10. The summed E-state index contributed by atoms with van der Waals surface area (Å²) in [5.74, 6) is 0.615. The van der Waals surface area contributed by atoms with Gasteiger partial charge in [0.1, 0.15) is 0 Å². The number of nitrogens with one attached hydrogen (secondary N) is 1. The van der Waals surface area contributed by atoms with Crippen molar-refractivity contribution in [2.24, 2.45) is 11.7 Å². The number of rotatable bonds is 4. The topological polar surface area (TPSA) is 58.4 Å². The lowest BCUT2D eigenvalue weighted by atomic mass is 9.91. The maximum atomic E-state index is 12.2. The number of aryl methyl sites for hydroxylation is 1. The predicted octanol–water partition coefficient (Wildman–Crippen LogP) is 2.41. The lowest BCUT2D eigenvalue weighted by Crippen LogP contribution is -2.51. The molecule has 1 aromatic carbocycles. The van der Waals surface area contributed by atoms with Gasteiger partial charge in [-0.25, -0.2) is 0 Å². The SMILES string of the molecule is Cc1cccc(NC(=O)CN2CCCC(C)C2CN)c1.Cl. The number of halogens is 1. The number of nitrogens with two attached hydrogens (primary N) is 1. The number of hydrogen-bond donors (Lipinski definition) is 2. The van der Waals surface area contributed by atoms with E-state index in [1.807, 2.05) is 31.2 Å². The Labute approximate surface area is 133 Å². The van der Waals surface area contributed by atoms with E-state index in [9.17, 15) is 4.79 Å². The summed E-state index contributed by atoms with van der Waals surface area (Å²) in [6, 6.07) is 8.21. The van der Waals surface area contributed by atoms with E-state index in [0.717, 1.165) is 24.2 Å². The number of carbonyl (C=O) groups is 1. The Bertz CT molecular complexity index is 467. The standard InChI is InChI=1S/C16H25N3O.ClH/c1-12-5-3-7-14(9-12)18-16(20)11-19-8-4-6-13(2)15(19)10-17;/h3,5,7,9,13,15H,4,6,8,10-11,17H2,1-2H3,(H,18,20);1H. The van der Waals surface area contributed by atoms with E-state index in [-0.39, 0.29) is 18.3 Å². The van der Waals surface area contributed by atoms with Crippen LogP contribution in [-0.4, -0.2) is 36.5 Å². The molecule has 0 bridgehead atoms. The summed E-state index contributed by atoms with van der Waals surface area (Å²) in [5.41, 5.74) is 7.87. The first kappa shape index (κ1) is 18.0. The molecule has 1 amide bonds. The van der Waals surface area contributed by atoms with E-state index >= 15 is 0 Å². The number of amides is 1. The second-order valence-electron chi connectivity index (χ2n) is 5.81. The first-order valence-electron chi connectivity index (χ1n) is 7.41. The van der Waals surface area contributed by atoms with Crippen LogP contribution in [0.5, 0.6) is 0 Å². The van der Waals surface area contributed by atoms with Gasteiger partial charge in [-0.3, -0.25) is 9.69 Å². The van der Waals surface area contributed by atoms with Crippen molar-refractivity contribution >= 4 is 24.0 Å². The fraction of sp³-hybridized carbons (Fsp3) is 0.562. The fourth-order valence-corrected chi connectivity index (χ4v) is 3.02. The largest absolute Gasteiger partial charge is 0.329 e. The molecule has 2 unspecified atom stereocenters. The van der Waals surface area contributed by atoms with Crippen LogP contribution in [0.25, 0.3) is 0 Å². The fourth-order valence-electron chi connectivity index (χ4n) is 3.02. The highest BCUT2D eigenvalue weighted by Crippen LogP contribution is 2.22. The molecule has 21 heavy (non-hydrogen) atoms. The van der Waals surface area contributed by atoms with Gasteiger partial charge < -0.3 is 11.1 Å². The summed E-state index contributed by atoms with van der Waals surface area (Å²) in [6.45, 7) is 6.26. The van der Waals surface area contributed by atoms with Gasteiger partial charge in [-0.15, -0.1) is 12.4 Å².